The average molecular weight is 481 g/mol. The van der Waals surface area contributed by atoms with Gasteiger partial charge in [0.2, 0.25) is 5.91 Å². The molecule has 2 aromatic carbocycles. The van der Waals surface area contributed by atoms with E-state index in [-0.39, 0.29) is 17.2 Å². The summed E-state index contributed by atoms with van der Waals surface area (Å²) in [5, 5.41) is 4.39. The summed E-state index contributed by atoms with van der Waals surface area (Å²) in [5.41, 5.74) is 1.11. The van der Waals surface area contributed by atoms with E-state index < -0.39 is 0 Å². The molecule has 1 heterocycles. The smallest absolute Gasteiger partial charge is 0.262 e. The predicted molar refractivity (Wildman–Crippen MR) is 119 cm³/mol. The average Bonchev–Trinajstić information content (AvgIpc) is 2.68. The third-order valence-electron chi connectivity index (χ3n) is 4.10. The molecular weight excluding hydrogens is 462 g/mol. The lowest BCUT2D eigenvalue weighted by atomic mass is 10.2. The molecule has 146 valence electrons. The van der Waals surface area contributed by atoms with Crippen molar-refractivity contribution in [2.75, 3.05) is 11.1 Å². The number of nitrogens with one attached hydrogen (secondary N) is 1. The number of hydrogen-bond donors (Lipinski definition) is 1. The van der Waals surface area contributed by atoms with Crippen molar-refractivity contribution in [3.8, 4) is 0 Å². The molecule has 0 fully saturated rings. The number of halogens is 2. The van der Waals surface area contributed by atoms with Crippen molar-refractivity contribution in [1.29, 1.82) is 0 Å². The van der Waals surface area contributed by atoms with Crippen molar-refractivity contribution in [3.05, 3.63) is 62.3 Å². The summed E-state index contributed by atoms with van der Waals surface area (Å²) in [6.07, 6.45) is 1.83. The SMILES string of the molecule is CCCCn1c(SCC(=O)Nc2ccc(Br)cc2Cl)nc2ccccc2c1=O. The normalized spacial score (nSPS) is 11.0. The Balaban J connectivity index is 1.80. The number of amides is 1. The van der Waals surface area contributed by atoms with Crippen LogP contribution in [0.5, 0.6) is 0 Å². The van der Waals surface area contributed by atoms with Gasteiger partial charge in [-0.1, -0.05) is 64.8 Å². The van der Waals surface area contributed by atoms with Gasteiger partial charge in [-0.2, -0.15) is 0 Å². The van der Waals surface area contributed by atoms with Crippen LogP contribution in [0, 0.1) is 0 Å². The van der Waals surface area contributed by atoms with Gasteiger partial charge in [0, 0.05) is 11.0 Å². The van der Waals surface area contributed by atoms with Crippen LogP contribution < -0.4 is 10.9 Å². The number of thioether (sulfide) groups is 1. The number of carbonyl (C=O) groups is 1. The number of para-hydroxylation sites is 1. The van der Waals surface area contributed by atoms with E-state index in [1.165, 1.54) is 11.8 Å². The van der Waals surface area contributed by atoms with Gasteiger partial charge in [0.05, 0.1) is 27.4 Å². The monoisotopic (exact) mass is 479 g/mol. The Morgan fingerprint density at radius 3 is 2.82 bits per heavy atom. The van der Waals surface area contributed by atoms with E-state index in [2.05, 4.69) is 33.2 Å². The molecule has 3 aromatic rings. The highest BCUT2D eigenvalue weighted by molar-refractivity contribution is 9.10. The van der Waals surface area contributed by atoms with Gasteiger partial charge in [-0.05, 0) is 36.8 Å². The minimum absolute atomic E-state index is 0.0714. The van der Waals surface area contributed by atoms with Gasteiger partial charge in [0.1, 0.15) is 0 Å². The number of aromatic nitrogens is 2. The highest BCUT2D eigenvalue weighted by Gasteiger charge is 2.14. The molecule has 3 rings (SSSR count). The first kappa shape index (κ1) is 20.9. The first-order chi connectivity index (χ1) is 13.5. The van der Waals surface area contributed by atoms with Crippen LogP contribution in [-0.4, -0.2) is 21.2 Å². The minimum atomic E-state index is -0.210. The highest BCUT2D eigenvalue weighted by Crippen LogP contribution is 2.26. The summed E-state index contributed by atoms with van der Waals surface area (Å²) < 4.78 is 2.50. The van der Waals surface area contributed by atoms with E-state index in [0.29, 0.717) is 33.3 Å². The molecule has 0 atom stereocenters. The number of benzene rings is 2. The Hall–Kier alpha value is -1.83. The van der Waals surface area contributed by atoms with Crippen molar-refractivity contribution >= 4 is 61.8 Å². The Labute approximate surface area is 180 Å². The number of rotatable bonds is 7. The number of hydrogen-bond acceptors (Lipinski definition) is 4. The summed E-state index contributed by atoms with van der Waals surface area (Å²) in [5.74, 6) is -0.0813. The second kappa shape index (κ2) is 9.58. The minimum Gasteiger partial charge on any atom is -0.324 e. The van der Waals surface area contributed by atoms with E-state index in [1.54, 1.807) is 22.8 Å². The van der Waals surface area contributed by atoms with Gasteiger partial charge in [-0.3, -0.25) is 14.2 Å². The lowest BCUT2D eigenvalue weighted by Gasteiger charge is -2.13. The van der Waals surface area contributed by atoms with E-state index >= 15 is 0 Å². The highest BCUT2D eigenvalue weighted by atomic mass is 79.9. The fraction of sp³-hybridized carbons (Fsp3) is 0.250. The number of unbranched alkanes of at least 4 members (excludes halogenated alkanes) is 1. The van der Waals surface area contributed by atoms with Crippen LogP contribution >= 0.6 is 39.3 Å². The zero-order chi connectivity index (χ0) is 20.1. The van der Waals surface area contributed by atoms with E-state index in [4.69, 9.17) is 11.6 Å². The molecule has 1 amide bonds. The van der Waals surface area contributed by atoms with Gasteiger partial charge < -0.3 is 5.32 Å². The lowest BCUT2D eigenvalue weighted by Crippen LogP contribution is -2.24. The Kier molecular flexibility index (Phi) is 7.15. The summed E-state index contributed by atoms with van der Waals surface area (Å²) in [6, 6.07) is 12.5. The molecule has 5 nitrogen and oxygen atoms in total. The second-order valence-electron chi connectivity index (χ2n) is 6.18. The molecule has 0 unspecified atom stereocenters. The van der Waals surface area contributed by atoms with Crippen molar-refractivity contribution in [2.24, 2.45) is 0 Å². The number of fused-ring (bicyclic) bond motifs is 1. The van der Waals surface area contributed by atoms with Crippen LogP contribution in [0.2, 0.25) is 5.02 Å². The molecule has 0 aliphatic heterocycles. The molecule has 0 aliphatic rings. The van der Waals surface area contributed by atoms with Crippen LogP contribution in [0.15, 0.2) is 56.9 Å². The molecule has 0 bridgehead atoms. The van der Waals surface area contributed by atoms with Crippen molar-refractivity contribution in [1.82, 2.24) is 9.55 Å². The molecule has 0 spiro atoms. The second-order valence-corrected chi connectivity index (χ2v) is 8.45. The van der Waals surface area contributed by atoms with Gasteiger partial charge >= 0.3 is 0 Å². The third-order valence-corrected chi connectivity index (χ3v) is 5.88. The zero-order valence-electron chi connectivity index (χ0n) is 15.2. The summed E-state index contributed by atoms with van der Waals surface area (Å²) in [7, 11) is 0. The predicted octanol–water partition coefficient (Wildman–Crippen LogP) is 5.34. The quantitative estimate of drug-likeness (QED) is 0.366. The maximum Gasteiger partial charge on any atom is 0.262 e. The molecule has 0 radical (unpaired) electrons. The molecule has 0 aliphatic carbocycles. The topological polar surface area (TPSA) is 64.0 Å². The van der Waals surface area contributed by atoms with Gasteiger partial charge in [-0.15, -0.1) is 0 Å². The number of nitrogens with zero attached hydrogens (tertiary/aromatic N) is 2. The van der Waals surface area contributed by atoms with Crippen molar-refractivity contribution in [3.63, 3.8) is 0 Å². The fourth-order valence-electron chi connectivity index (χ4n) is 2.68. The molecule has 1 N–H and O–H groups in total. The summed E-state index contributed by atoms with van der Waals surface area (Å²) in [4.78, 5) is 29.8. The van der Waals surface area contributed by atoms with Crippen LogP contribution in [0.25, 0.3) is 10.9 Å². The van der Waals surface area contributed by atoms with Gasteiger partial charge in [0.25, 0.3) is 5.56 Å². The molecule has 28 heavy (non-hydrogen) atoms. The standard InChI is InChI=1S/C20H19BrClN3O2S/c1-2-3-10-25-19(27)14-6-4-5-7-16(14)24-20(25)28-12-18(26)23-17-9-8-13(21)11-15(17)22/h4-9,11H,2-3,10,12H2,1H3,(H,23,26). The van der Waals surface area contributed by atoms with Crippen LogP contribution in [-0.2, 0) is 11.3 Å². The van der Waals surface area contributed by atoms with E-state index in [9.17, 15) is 9.59 Å². The van der Waals surface area contributed by atoms with Crippen LogP contribution in [0.1, 0.15) is 19.8 Å². The number of anilines is 1. The Morgan fingerprint density at radius 2 is 2.07 bits per heavy atom. The van der Waals surface area contributed by atoms with E-state index in [0.717, 1.165) is 17.3 Å². The molecule has 0 saturated carbocycles. The van der Waals surface area contributed by atoms with Crippen molar-refractivity contribution in [2.45, 2.75) is 31.5 Å². The molecule has 8 heteroatoms. The first-order valence-electron chi connectivity index (χ1n) is 8.87. The number of carbonyl (C=O) groups excluding carboxylic acids is 1. The molecule has 0 saturated heterocycles. The van der Waals surface area contributed by atoms with E-state index in [1.807, 2.05) is 24.3 Å². The summed E-state index contributed by atoms with van der Waals surface area (Å²) >= 11 is 10.7. The third kappa shape index (κ3) is 4.96. The molecule has 1 aromatic heterocycles. The van der Waals surface area contributed by atoms with Crippen LogP contribution in [0.4, 0.5) is 5.69 Å². The largest absolute Gasteiger partial charge is 0.324 e. The molecular formula is C20H19BrClN3O2S. The Bertz CT molecular complexity index is 1070. The lowest BCUT2D eigenvalue weighted by molar-refractivity contribution is -0.113. The Morgan fingerprint density at radius 1 is 1.29 bits per heavy atom. The fourth-order valence-corrected chi connectivity index (χ4v) is 4.22. The van der Waals surface area contributed by atoms with Gasteiger partial charge in [0.15, 0.2) is 5.16 Å². The first-order valence-corrected chi connectivity index (χ1v) is 11.0. The van der Waals surface area contributed by atoms with Crippen molar-refractivity contribution < 1.29 is 4.79 Å². The van der Waals surface area contributed by atoms with Crippen LogP contribution in [0.3, 0.4) is 0 Å². The zero-order valence-corrected chi connectivity index (χ0v) is 18.4. The summed E-state index contributed by atoms with van der Waals surface area (Å²) in [6.45, 7) is 2.65. The maximum absolute atomic E-state index is 12.9. The maximum atomic E-state index is 12.9. The van der Waals surface area contributed by atoms with Gasteiger partial charge in [-0.25, -0.2) is 4.98 Å².